The summed E-state index contributed by atoms with van der Waals surface area (Å²) < 4.78 is 5.45. The Morgan fingerprint density at radius 3 is 2.40 bits per heavy atom. The van der Waals surface area contributed by atoms with Gasteiger partial charge in [0.1, 0.15) is 0 Å². The molecule has 1 heterocycles. The molecule has 1 saturated heterocycles. The highest BCUT2D eigenvalue weighted by molar-refractivity contribution is 6.32. The molecule has 0 bridgehead atoms. The third-order valence-electron chi connectivity index (χ3n) is 5.86. The second-order valence-corrected chi connectivity index (χ2v) is 8.32. The number of morpholine rings is 1. The predicted octanol–water partition coefficient (Wildman–Crippen LogP) is 6.63. The molecule has 1 fully saturated rings. The molecule has 2 nitrogen and oxygen atoms in total. The van der Waals surface area contributed by atoms with Crippen LogP contribution in [0.4, 0.5) is 0 Å². The number of ether oxygens (including phenoxy) is 1. The van der Waals surface area contributed by atoms with Crippen LogP contribution in [0, 0.1) is 13.8 Å². The largest absolute Gasteiger partial charge is 0.379 e. The van der Waals surface area contributed by atoms with Gasteiger partial charge >= 0.3 is 0 Å². The smallest absolute Gasteiger partial charge is 0.0594 e. The number of aryl methyl sites for hydroxylation is 1. The van der Waals surface area contributed by atoms with Crippen molar-refractivity contribution in [3.8, 4) is 11.1 Å². The highest BCUT2D eigenvalue weighted by atomic mass is 35.5. The maximum absolute atomic E-state index is 6.66. The molecule has 3 heteroatoms. The average Bonchev–Trinajstić information content (AvgIpc) is 2.77. The van der Waals surface area contributed by atoms with Crippen molar-refractivity contribution in [2.75, 3.05) is 26.3 Å². The van der Waals surface area contributed by atoms with Gasteiger partial charge in [-0.15, -0.1) is 0 Å². The second-order valence-electron chi connectivity index (χ2n) is 7.91. The lowest BCUT2D eigenvalue weighted by molar-refractivity contribution is 0.0341. The third-order valence-corrected chi connectivity index (χ3v) is 6.18. The second kappa shape index (κ2) is 9.61. The van der Waals surface area contributed by atoms with Crippen LogP contribution in [-0.2, 0) is 11.3 Å². The minimum absolute atomic E-state index is 0.803. The molecule has 0 N–H and O–H groups in total. The van der Waals surface area contributed by atoms with E-state index in [1.54, 1.807) is 0 Å². The Hall–Kier alpha value is -2.39. The zero-order valence-corrected chi connectivity index (χ0v) is 18.5. The van der Waals surface area contributed by atoms with Crippen LogP contribution in [0.2, 0.25) is 5.02 Å². The Bertz CT molecular complexity index is 1040. The number of rotatable bonds is 5. The van der Waals surface area contributed by atoms with Crippen molar-refractivity contribution in [3.05, 3.63) is 93.5 Å². The summed E-state index contributed by atoms with van der Waals surface area (Å²) in [5.74, 6) is 0. The van der Waals surface area contributed by atoms with Gasteiger partial charge in [-0.25, -0.2) is 0 Å². The van der Waals surface area contributed by atoms with Crippen LogP contribution >= 0.6 is 11.6 Å². The molecule has 0 unspecified atom stereocenters. The lowest BCUT2D eigenvalue weighted by Crippen LogP contribution is -2.35. The van der Waals surface area contributed by atoms with E-state index in [0.717, 1.165) is 43.4 Å². The fraction of sp³-hybridized carbons (Fsp3) is 0.259. The fourth-order valence-electron chi connectivity index (χ4n) is 3.99. The molecular weight excluding hydrogens is 390 g/mol. The van der Waals surface area contributed by atoms with Gasteiger partial charge in [0.2, 0.25) is 0 Å². The van der Waals surface area contributed by atoms with Gasteiger partial charge in [0, 0.05) is 24.7 Å². The van der Waals surface area contributed by atoms with Gasteiger partial charge in [0.15, 0.2) is 0 Å². The number of hydrogen-bond donors (Lipinski definition) is 0. The summed E-state index contributed by atoms with van der Waals surface area (Å²) in [4.78, 5) is 2.43. The van der Waals surface area contributed by atoms with E-state index in [1.165, 1.54) is 33.4 Å². The summed E-state index contributed by atoms with van der Waals surface area (Å²) in [6.07, 6.45) is 4.30. The minimum Gasteiger partial charge on any atom is -0.379 e. The van der Waals surface area contributed by atoms with Gasteiger partial charge in [-0.05, 0) is 58.9 Å². The number of benzene rings is 3. The quantitative estimate of drug-likeness (QED) is 0.432. The van der Waals surface area contributed by atoms with Gasteiger partial charge in [0.25, 0.3) is 0 Å². The normalized spacial score (nSPS) is 15.0. The molecule has 30 heavy (non-hydrogen) atoms. The molecule has 0 saturated carbocycles. The molecule has 0 amide bonds. The van der Waals surface area contributed by atoms with E-state index >= 15 is 0 Å². The zero-order valence-electron chi connectivity index (χ0n) is 17.7. The van der Waals surface area contributed by atoms with E-state index in [0.29, 0.717) is 0 Å². The maximum Gasteiger partial charge on any atom is 0.0594 e. The first kappa shape index (κ1) is 20.9. The van der Waals surface area contributed by atoms with Crippen molar-refractivity contribution in [2.45, 2.75) is 20.4 Å². The maximum atomic E-state index is 6.66. The van der Waals surface area contributed by atoms with E-state index < -0.39 is 0 Å². The Morgan fingerprint density at radius 2 is 1.63 bits per heavy atom. The van der Waals surface area contributed by atoms with Gasteiger partial charge in [-0.2, -0.15) is 0 Å². The lowest BCUT2D eigenvalue weighted by atomic mass is 9.96. The van der Waals surface area contributed by atoms with Crippen LogP contribution in [0.1, 0.15) is 27.8 Å². The van der Waals surface area contributed by atoms with Crippen LogP contribution in [0.3, 0.4) is 0 Å². The van der Waals surface area contributed by atoms with E-state index in [1.807, 2.05) is 0 Å². The molecule has 3 aromatic carbocycles. The molecule has 0 radical (unpaired) electrons. The standard InChI is InChI=1S/C27H28ClNO/c1-20-17-24(27(28)18-25(20)19-29-13-15-30-16-14-29)12-11-22-9-6-10-26(21(22)2)23-7-4-3-5-8-23/h3-12,17-18H,13-16,19H2,1-2H3/b12-11+. The monoisotopic (exact) mass is 417 g/mol. The minimum atomic E-state index is 0.803. The Labute approximate surface area is 184 Å². The number of nitrogens with zero attached hydrogens (tertiary/aromatic N) is 1. The molecule has 3 aromatic rings. The molecular formula is C27H28ClNO. The summed E-state index contributed by atoms with van der Waals surface area (Å²) in [6, 6.07) is 21.3. The molecule has 4 rings (SSSR count). The number of hydrogen-bond acceptors (Lipinski definition) is 2. The zero-order chi connectivity index (χ0) is 20.9. The summed E-state index contributed by atoms with van der Waals surface area (Å²) >= 11 is 6.66. The fourth-order valence-corrected chi connectivity index (χ4v) is 4.24. The SMILES string of the molecule is Cc1cc(/C=C/c2cccc(-c3ccccc3)c2C)c(Cl)cc1CN1CCOCC1. The van der Waals surface area contributed by atoms with Crippen LogP contribution in [0.15, 0.2) is 60.7 Å². The van der Waals surface area contributed by atoms with Crippen LogP contribution in [0.5, 0.6) is 0 Å². The van der Waals surface area contributed by atoms with Crippen molar-refractivity contribution in [2.24, 2.45) is 0 Å². The van der Waals surface area contributed by atoms with Gasteiger partial charge in [-0.3, -0.25) is 4.90 Å². The Morgan fingerprint density at radius 1 is 0.900 bits per heavy atom. The van der Waals surface area contributed by atoms with Crippen LogP contribution in [0.25, 0.3) is 23.3 Å². The van der Waals surface area contributed by atoms with Gasteiger partial charge < -0.3 is 4.74 Å². The highest BCUT2D eigenvalue weighted by Gasteiger charge is 2.13. The average molecular weight is 418 g/mol. The van der Waals surface area contributed by atoms with E-state index in [9.17, 15) is 0 Å². The Balaban J connectivity index is 1.56. The van der Waals surface area contributed by atoms with Crippen LogP contribution < -0.4 is 0 Å². The summed E-state index contributed by atoms with van der Waals surface area (Å²) in [6.45, 7) is 8.87. The van der Waals surface area contributed by atoms with E-state index in [4.69, 9.17) is 16.3 Å². The lowest BCUT2D eigenvalue weighted by Gasteiger charge is -2.27. The van der Waals surface area contributed by atoms with Gasteiger partial charge in [0.05, 0.1) is 13.2 Å². The summed E-state index contributed by atoms with van der Waals surface area (Å²) in [5.41, 5.74) is 8.62. The molecule has 0 aliphatic carbocycles. The summed E-state index contributed by atoms with van der Waals surface area (Å²) in [5, 5.41) is 0.803. The van der Waals surface area contributed by atoms with Crippen molar-refractivity contribution >= 4 is 23.8 Å². The molecule has 0 aromatic heterocycles. The topological polar surface area (TPSA) is 12.5 Å². The molecule has 154 valence electrons. The molecule has 0 atom stereocenters. The van der Waals surface area contributed by atoms with E-state index in [-0.39, 0.29) is 0 Å². The highest BCUT2D eigenvalue weighted by Crippen LogP contribution is 2.28. The molecule has 1 aliphatic heterocycles. The molecule has 0 spiro atoms. The molecule has 1 aliphatic rings. The van der Waals surface area contributed by atoms with Crippen molar-refractivity contribution < 1.29 is 4.74 Å². The predicted molar refractivity (Wildman–Crippen MR) is 128 cm³/mol. The number of halogens is 1. The van der Waals surface area contributed by atoms with E-state index in [2.05, 4.69) is 91.6 Å². The van der Waals surface area contributed by atoms with Crippen molar-refractivity contribution in [1.82, 2.24) is 4.90 Å². The summed E-state index contributed by atoms with van der Waals surface area (Å²) in [7, 11) is 0. The first-order chi connectivity index (χ1) is 14.6. The third kappa shape index (κ3) is 4.84. The van der Waals surface area contributed by atoms with Crippen molar-refractivity contribution in [3.63, 3.8) is 0 Å². The Kier molecular flexibility index (Phi) is 6.69. The van der Waals surface area contributed by atoms with Crippen LogP contribution in [-0.4, -0.2) is 31.2 Å². The first-order valence-electron chi connectivity index (χ1n) is 10.5. The van der Waals surface area contributed by atoms with Gasteiger partial charge in [-0.1, -0.05) is 78.4 Å². The first-order valence-corrected chi connectivity index (χ1v) is 10.9. The van der Waals surface area contributed by atoms with Crippen molar-refractivity contribution in [1.29, 1.82) is 0 Å².